The minimum absolute atomic E-state index is 0.190. The maximum Gasteiger partial charge on any atom is 0.222 e. The van der Waals surface area contributed by atoms with Crippen LogP contribution in [0, 0.1) is 5.41 Å². The third kappa shape index (κ3) is 3.27. The Morgan fingerprint density at radius 3 is 2.73 bits per heavy atom. The van der Waals surface area contributed by atoms with Gasteiger partial charge in [0, 0.05) is 31.8 Å². The van der Waals surface area contributed by atoms with E-state index in [1.54, 1.807) is 0 Å². The number of aromatic amines is 1. The minimum atomic E-state index is 0.190. The van der Waals surface area contributed by atoms with Crippen LogP contribution in [0.2, 0.25) is 0 Å². The Balaban J connectivity index is 1.47. The highest BCUT2D eigenvalue weighted by Gasteiger charge is 2.51. The first kappa shape index (κ1) is 17.3. The molecular formula is C21H28N4O. The number of amides is 1. The summed E-state index contributed by atoms with van der Waals surface area (Å²) in [5.74, 6) is 2.42. The van der Waals surface area contributed by atoms with Gasteiger partial charge in [-0.05, 0) is 30.2 Å². The van der Waals surface area contributed by atoms with Gasteiger partial charge in [-0.1, -0.05) is 50.1 Å². The maximum atomic E-state index is 12.9. The van der Waals surface area contributed by atoms with Gasteiger partial charge in [0.15, 0.2) is 5.82 Å². The summed E-state index contributed by atoms with van der Waals surface area (Å²) in [6.45, 7) is 3.74. The molecular weight excluding hydrogens is 324 g/mol. The molecule has 26 heavy (non-hydrogen) atoms. The second-order valence-corrected chi connectivity index (χ2v) is 7.88. The smallest absolute Gasteiger partial charge is 0.222 e. The normalized spacial score (nSPS) is 21.6. The Hall–Kier alpha value is -2.17. The predicted octanol–water partition coefficient (Wildman–Crippen LogP) is 3.49. The molecule has 1 amide bonds. The molecule has 1 saturated carbocycles. The molecule has 1 saturated heterocycles. The zero-order chi connectivity index (χ0) is 18.0. The molecule has 1 aromatic carbocycles. The van der Waals surface area contributed by atoms with Crippen molar-refractivity contribution in [3.63, 3.8) is 0 Å². The number of nitrogens with one attached hydrogen (secondary N) is 1. The van der Waals surface area contributed by atoms with Crippen molar-refractivity contribution in [1.29, 1.82) is 0 Å². The van der Waals surface area contributed by atoms with E-state index in [9.17, 15) is 4.79 Å². The first-order valence-electron chi connectivity index (χ1n) is 9.93. The Labute approximate surface area is 155 Å². The van der Waals surface area contributed by atoms with Crippen LogP contribution in [0.1, 0.15) is 62.2 Å². The molecule has 5 nitrogen and oxygen atoms in total. The van der Waals surface area contributed by atoms with Crippen molar-refractivity contribution < 1.29 is 4.79 Å². The van der Waals surface area contributed by atoms with Crippen LogP contribution in [-0.2, 0) is 17.6 Å². The number of hydrogen-bond donors (Lipinski definition) is 1. The Morgan fingerprint density at radius 2 is 2.04 bits per heavy atom. The van der Waals surface area contributed by atoms with Crippen molar-refractivity contribution in [3.05, 3.63) is 47.5 Å². The molecule has 1 aliphatic carbocycles. The summed E-state index contributed by atoms with van der Waals surface area (Å²) < 4.78 is 0. The van der Waals surface area contributed by atoms with Gasteiger partial charge in [-0.3, -0.25) is 9.89 Å². The van der Waals surface area contributed by atoms with Gasteiger partial charge in [0.25, 0.3) is 0 Å². The van der Waals surface area contributed by atoms with Gasteiger partial charge in [-0.25, -0.2) is 4.98 Å². The van der Waals surface area contributed by atoms with Crippen LogP contribution in [0.3, 0.4) is 0 Å². The Bertz CT molecular complexity index is 748. The van der Waals surface area contributed by atoms with Crippen LogP contribution < -0.4 is 0 Å². The number of aryl methyl sites for hydroxylation is 2. The molecule has 5 heteroatoms. The topological polar surface area (TPSA) is 61.9 Å². The lowest BCUT2D eigenvalue weighted by Gasteiger charge is -2.27. The number of H-pyrrole nitrogens is 1. The lowest BCUT2D eigenvalue weighted by atomic mass is 9.76. The lowest BCUT2D eigenvalue weighted by molar-refractivity contribution is -0.130. The highest BCUT2D eigenvalue weighted by molar-refractivity contribution is 5.77. The van der Waals surface area contributed by atoms with Gasteiger partial charge in [0.05, 0.1) is 0 Å². The largest absolute Gasteiger partial charge is 0.341 e. The van der Waals surface area contributed by atoms with E-state index in [1.807, 2.05) is 18.2 Å². The highest BCUT2D eigenvalue weighted by Crippen LogP contribution is 2.52. The Morgan fingerprint density at radius 1 is 1.27 bits per heavy atom. The van der Waals surface area contributed by atoms with E-state index < -0.39 is 0 Å². The van der Waals surface area contributed by atoms with E-state index in [1.165, 1.54) is 31.2 Å². The van der Waals surface area contributed by atoms with Crippen molar-refractivity contribution in [2.45, 2.75) is 57.8 Å². The molecule has 1 aliphatic heterocycles. The molecule has 2 fully saturated rings. The molecule has 1 aromatic heterocycles. The summed E-state index contributed by atoms with van der Waals surface area (Å²) in [4.78, 5) is 19.7. The van der Waals surface area contributed by atoms with E-state index >= 15 is 0 Å². The number of likely N-dealkylation sites (tertiary alicyclic amines) is 1. The quantitative estimate of drug-likeness (QED) is 0.896. The van der Waals surface area contributed by atoms with Crippen LogP contribution in [0.4, 0.5) is 0 Å². The maximum absolute atomic E-state index is 12.9. The molecule has 1 atom stereocenters. The van der Waals surface area contributed by atoms with Crippen molar-refractivity contribution >= 4 is 5.91 Å². The first-order chi connectivity index (χ1) is 12.7. The summed E-state index contributed by atoms with van der Waals surface area (Å²) in [5, 5.41) is 7.57. The minimum Gasteiger partial charge on any atom is -0.341 e. The SMILES string of the molecule is CCc1nc(C2CN(C(=O)CCc3ccccc3)CC23CCCC3)n[nH]1. The number of rotatable bonds is 5. The fourth-order valence-electron chi connectivity index (χ4n) is 4.78. The summed E-state index contributed by atoms with van der Waals surface area (Å²) in [7, 11) is 0. The molecule has 2 aliphatic rings. The summed E-state index contributed by atoms with van der Waals surface area (Å²) >= 11 is 0. The summed E-state index contributed by atoms with van der Waals surface area (Å²) in [6, 6.07) is 10.3. The van der Waals surface area contributed by atoms with Gasteiger partial charge in [0.1, 0.15) is 5.82 Å². The number of carbonyl (C=O) groups is 1. The van der Waals surface area contributed by atoms with Crippen molar-refractivity contribution in [2.24, 2.45) is 5.41 Å². The average Bonchev–Trinajstić information content (AvgIpc) is 3.41. The third-order valence-corrected chi connectivity index (χ3v) is 6.27. The summed E-state index contributed by atoms with van der Waals surface area (Å²) in [5.41, 5.74) is 1.42. The van der Waals surface area contributed by atoms with Gasteiger partial charge in [0.2, 0.25) is 5.91 Å². The van der Waals surface area contributed by atoms with Gasteiger partial charge in [-0.2, -0.15) is 5.10 Å². The van der Waals surface area contributed by atoms with Crippen molar-refractivity contribution in [2.75, 3.05) is 13.1 Å². The lowest BCUT2D eigenvalue weighted by Crippen LogP contribution is -2.31. The number of hydrogen-bond acceptors (Lipinski definition) is 3. The van der Waals surface area contributed by atoms with Crippen LogP contribution in [-0.4, -0.2) is 39.1 Å². The molecule has 2 aromatic rings. The number of carbonyl (C=O) groups excluding carboxylic acids is 1. The zero-order valence-corrected chi connectivity index (χ0v) is 15.6. The number of nitrogens with zero attached hydrogens (tertiary/aromatic N) is 3. The molecule has 4 rings (SSSR count). The third-order valence-electron chi connectivity index (χ3n) is 6.27. The van der Waals surface area contributed by atoms with Gasteiger partial charge in [-0.15, -0.1) is 0 Å². The van der Waals surface area contributed by atoms with E-state index in [2.05, 4.69) is 34.2 Å². The molecule has 0 radical (unpaired) electrons. The monoisotopic (exact) mass is 352 g/mol. The first-order valence-corrected chi connectivity index (χ1v) is 9.93. The van der Waals surface area contributed by atoms with Crippen LogP contribution in [0.15, 0.2) is 30.3 Å². The van der Waals surface area contributed by atoms with Gasteiger partial charge < -0.3 is 4.90 Å². The van der Waals surface area contributed by atoms with E-state index in [-0.39, 0.29) is 17.2 Å². The molecule has 1 spiro atoms. The standard InChI is InChI=1S/C21H28N4O/c1-2-18-22-20(24-23-18)17-14-25(15-21(17)12-6-7-13-21)19(26)11-10-16-8-4-3-5-9-16/h3-5,8-9,17H,2,6-7,10-15H2,1H3,(H,22,23,24). The number of benzene rings is 1. The second kappa shape index (κ2) is 7.22. The van der Waals surface area contributed by atoms with Crippen molar-refractivity contribution in [3.8, 4) is 0 Å². The fraction of sp³-hybridized carbons (Fsp3) is 0.571. The zero-order valence-electron chi connectivity index (χ0n) is 15.6. The van der Waals surface area contributed by atoms with Crippen LogP contribution in [0.5, 0.6) is 0 Å². The van der Waals surface area contributed by atoms with Gasteiger partial charge >= 0.3 is 0 Å². The fourth-order valence-corrected chi connectivity index (χ4v) is 4.78. The Kier molecular flexibility index (Phi) is 4.79. The molecule has 1 unspecified atom stereocenters. The van der Waals surface area contributed by atoms with E-state index in [0.717, 1.165) is 37.6 Å². The van der Waals surface area contributed by atoms with Crippen LogP contribution in [0.25, 0.3) is 0 Å². The summed E-state index contributed by atoms with van der Waals surface area (Å²) in [6.07, 6.45) is 7.16. The van der Waals surface area contributed by atoms with Crippen LogP contribution >= 0.6 is 0 Å². The molecule has 138 valence electrons. The molecule has 0 bridgehead atoms. The van der Waals surface area contributed by atoms with Crippen molar-refractivity contribution in [1.82, 2.24) is 20.1 Å². The van der Waals surface area contributed by atoms with E-state index in [0.29, 0.717) is 6.42 Å². The molecule has 1 N–H and O–H groups in total. The second-order valence-electron chi connectivity index (χ2n) is 7.88. The highest BCUT2D eigenvalue weighted by atomic mass is 16.2. The predicted molar refractivity (Wildman–Crippen MR) is 101 cm³/mol. The number of aromatic nitrogens is 3. The van der Waals surface area contributed by atoms with E-state index in [4.69, 9.17) is 4.98 Å². The molecule has 2 heterocycles. The average molecular weight is 352 g/mol.